The summed E-state index contributed by atoms with van der Waals surface area (Å²) in [4.78, 5) is 13.6. The average molecular weight is 400 g/mol. The Labute approximate surface area is 176 Å². The van der Waals surface area contributed by atoms with Crippen LogP contribution in [0.3, 0.4) is 0 Å². The number of aryl methyl sites for hydroxylation is 1. The minimum atomic E-state index is 0.202. The molecular formula is C23H25N7. The first-order chi connectivity index (χ1) is 14.7. The number of likely N-dealkylation sites (N-methyl/N-ethyl adjacent to an activating group) is 1. The van der Waals surface area contributed by atoms with Crippen molar-refractivity contribution in [1.29, 1.82) is 0 Å². The first-order valence-corrected chi connectivity index (χ1v) is 10.3. The molecule has 1 aliphatic heterocycles. The van der Waals surface area contributed by atoms with Gasteiger partial charge in [0.1, 0.15) is 5.69 Å². The second kappa shape index (κ2) is 7.93. The van der Waals surface area contributed by atoms with Gasteiger partial charge in [-0.05, 0) is 49.9 Å². The van der Waals surface area contributed by atoms with Gasteiger partial charge in [-0.15, -0.1) is 5.10 Å². The van der Waals surface area contributed by atoms with Crippen LogP contribution in [0.15, 0.2) is 61.1 Å². The topological polar surface area (TPSA) is 62.5 Å². The van der Waals surface area contributed by atoms with Crippen LogP contribution in [-0.2, 0) is 6.54 Å². The first-order valence-electron chi connectivity index (χ1n) is 10.3. The van der Waals surface area contributed by atoms with Gasteiger partial charge in [0.25, 0.3) is 0 Å². The van der Waals surface area contributed by atoms with Crippen LogP contribution in [0, 0.1) is 6.92 Å². The van der Waals surface area contributed by atoms with Crippen LogP contribution in [-0.4, -0.2) is 61.3 Å². The average Bonchev–Trinajstić information content (AvgIpc) is 3.19. The fourth-order valence-corrected chi connectivity index (χ4v) is 4.15. The Hall–Kier alpha value is -3.16. The number of nitrogens with zero attached hydrogens (tertiary/aromatic N) is 7. The Balaban J connectivity index is 1.40. The minimum Gasteiger partial charge on any atom is -0.295 e. The van der Waals surface area contributed by atoms with E-state index in [-0.39, 0.29) is 6.04 Å². The molecule has 4 aromatic rings. The molecule has 1 atom stereocenters. The fraction of sp³-hybridized carbons (Fsp3) is 0.304. The molecule has 0 unspecified atom stereocenters. The van der Waals surface area contributed by atoms with E-state index >= 15 is 0 Å². The molecule has 1 fully saturated rings. The molecule has 7 heteroatoms. The molecule has 30 heavy (non-hydrogen) atoms. The molecule has 0 spiro atoms. The highest BCUT2D eigenvalue weighted by Crippen LogP contribution is 2.28. The second-order valence-corrected chi connectivity index (χ2v) is 7.96. The molecule has 5 heterocycles. The maximum absolute atomic E-state index is 4.67. The van der Waals surface area contributed by atoms with E-state index in [4.69, 9.17) is 0 Å². The van der Waals surface area contributed by atoms with E-state index in [9.17, 15) is 0 Å². The summed E-state index contributed by atoms with van der Waals surface area (Å²) in [5.41, 5.74) is 6.49. The summed E-state index contributed by atoms with van der Waals surface area (Å²) in [6, 6.07) is 14.7. The van der Waals surface area contributed by atoms with E-state index in [0.29, 0.717) is 0 Å². The zero-order valence-corrected chi connectivity index (χ0v) is 17.3. The van der Waals surface area contributed by atoms with Gasteiger partial charge in [0.15, 0.2) is 0 Å². The van der Waals surface area contributed by atoms with Crippen LogP contribution < -0.4 is 0 Å². The van der Waals surface area contributed by atoms with Crippen molar-refractivity contribution in [2.24, 2.45) is 0 Å². The van der Waals surface area contributed by atoms with Crippen molar-refractivity contribution >= 4 is 5.52 Å². The van der Waals surface area contributed by atoms with Crippen molar-refractivity contribution in [1.82, 2.24) is 34.6 Å². The van der Waals surface area contributed by atoms with Crippen LogP contribution >= 0.6 is 0 Å². The lowest BCUT2D eigenvalue weighted by molar-refractivity contribution is 0.0880. The van der Waals surface area contributed by atoms with E-state index in [2.05, 4.69) is 61.4 Å². The third kappa shape index (κ3) is 3.69. The number of rotatable bonds is 4. The molecule has 0 aromatic carbocycles. The van der Waals surface area contributed by atoms with Crippen LogP contribution in [0.25, 0.3) is 16.6 Å². The number of piperazine rings is 1. The zero-order valence-electron chi connectivity index (χ0n) is 17.3. The smallest absolute Gasteiger partial charge is 0.109 e. The van der Waals surface area contributed by atoms with Crippen LogP contribution in [0.2, 0.25) is 0 Å². The van der Waals surface area contributed by atoms with Crippen LogP contribution in [0.4, 0.5) is 0 Å². The lowest BCUT2D eigenvalue weighted by Crippen LogP contribution is -2.46. The van der Waals surface area contributed by atoms with Gasteiger partial charge in [0.2, 0.25) is 0 Å². The highest BCUT2D eigenvalue weighted by Gasteiger charge is 2.29. The molecule has 152 valence electrons. The third-order valence-electron chi connectivity index (χ3n) is 5.83. The standard InChI is InChI=1S/C23H25N7/c1-17-4-3-5-20(25-17)15-29-13-12-28(2)22(16-29)23-21-7-6-19(14-30(21)27-26-23)18-8-10-24-11-9-18/h3-11,14,22H,12-13,15-16H2,1-2H3/t22-/m1/s1. The van der Waals surface area contributed by atoms with E-state index in [1.165, 1.54) is 0 Å². The van der Waals surface area contributed by atoms with Gasteiger partial charge in [-0.25, -0.2) is 4.52 Å². The summed E-state index contributed by atoms with van der Waals surface area (Å²) in [5.74, 6) is 0. The predicted molar refractivity (Wildman–Crippen MR) is 116 cm³/mol. The second-order valence-electron chi connectivity index (χ2n) is 7.96. The number of pyridine rings is 3. The highest BCUT2D eigenvalue weighted by atomic mass is 15.4. The SMILES string of the molecule is Cc1cccc(CN2CCN(C)[C@@H](c3nnn4cc(-c5ccncc5)ccc34)C2)n1. The highest BCUT2D eigenvalue weighted by molar-refractivity contribution is 5.65. The first kappa shape index (κ1) is 18.8. The monoisotopic (exact) mass is 399 g/mol. The van der Waals surface area contributed by atoms with Crippen molar-refractivity contribution in [2.45, 2.75) is 19.5 Å². The Bertz CT molecular complexity index is 1150. The lowest BCUT2D eigenvalue weighted by atomic mass is 10.1. The number of hydrogen-bond donors (Lipinski definition) is 0. The van der Waals surface area contributed by atoms with E-state index in [1.54, 1.807) is 12.4 Å². The Morgan fingerprint density at radius 1 is 1.00 bits per heavy atom. The molecule has 0 radical (unpaired) electrons. The molecule has 1 saturated heterocycles. The zero-order chi connectivity index (χ0) is 20.5. The predicted octanol–water partition coefficient (Wildman–Crippen LogP) is 2.98. The molecule has 0 bridgehead atoms. The van der Waals surface area contributed by atoms with Gasteiger partial charge in [0, 0.05) is 56.0 Å². The van der Waals surface area contributed by atoms with Gasteiger partial charge in [-0.2, -0.15) is 0 Å². The van der Waals surface area contributed by atoms with Gasteiger partial charge in [0.05, 0.1) is 17.3 Å². The van der Waals surface area contributed by atoms with Crippen molar-refractivity contribution in [2.75, 3.05) is 26.7 Å². The molecule has 0 aliphatic carbocycles. The quantitative estimate of drug-likeness (QED) is 0.526. The van der Waals surface area contributed by atoms with Crippen LogP contribution in [0.1, 0.15) is 23.1 Å². The minimum absolute atomic E-state index is 0.202. The number of fused-ring (bicyclic) bond motifs is 1. The maximum atomic E-state index is 4.67. The molecule has 0 saturated carbocycles. The molecule has 5 rings (SSSR count). The third-order valence-corrected chi connectivity index (χ3v) is 5.83. The number of hydrogen-bond acceptors (Lipinski definition) is 6. The maximum Gasteiger partial charge on any atom is 0.109 e. The summed E-state index contributed by atoms with van der Waals surface area (Å²) in [6.45, 7) is 5.82. The fourth-order valence-electron chi connectivity index (χ4n) is 4.15. The summed E-state index contributed by atoms with van der Waals surface area (Å²) in [7, 11) is 2.17. The molecule has 7 nitrogen and oxygen atoms in total. The van der Waals surface area contributed by atoms with Crippen molar-refractivity contribution in [3.05, 3.63) is 78.1 Å². The largest absolute Gasteiger partial charge is 0.295 e. The molecule has 0 N–H and O–H groups in total. The molecule has 0 amide bonds. The summed E-state index contributed by atoms with van der Waals surface area (Å²) >= 11 is 0. The van der Waals surface area contributed by atoms with Gasteiger partial charge < -0.3 is 0 Å². The van der Waals surface area contributed by atoms with Gasteiger partial charge in [-0.1, -0.05) is 17.3 Å². The van der Waals surface area contributed by atoms with E-state index < -0.39 is 0 Å². The Morgan fingerprint density at radius 2 is 1.87 bits per heavy atom. The van der Waals surface area contributed by atoms with Crippen molar-refractivity contribution in [3.8, 4) is 11.1 Å². The van der Waals surface area contributed by atoms with E-state index in [0.717, 1.165) is 59.9 Å². The summed E-state index contributed by atoms with van der Waals surface area (Å²) < 4.78 is 1.89. The van der Waals surface area contributed by atoms with Crippen molar-refractivity contribution < 1.29 is 0 Å². The normalized spacial score (nSPS) is 18.1. The molecular weight excluding hydrogens is 374 g/mol. The van der Waals surface area contributed by atoms with Gasteiger partial charge >= 0.3 is 0 Å². The summed E-state index contributed by atoms with van der Waals surface area (Å²) in [5, 5.41) is 9.01. The van der Waals surface area contributed by atoms with Crippen molar-refractivity contribution in [3.63, 3.8) is 0 Å². The molecule has 4 aromatic heterocycles. The lowest BCUT2D eigenvalue weighted by Gasteiger charge is -2.38. The number of aromatic nitrogens is 5. The van der Waals surface area contributed by atoms with Gasteiger partial charge in [-0.3, -0.25) is 19.8 Å². The van der Waals surface area contributed by atoms with E-state index in [1.807, 2.05) is 35.8 Å². The Kier molecular flexibility index (Phi) is 4.98. The molecule has 1 aliphatic rings. The Morgan fingerprint density at radius 3 is 2.70 bits per heavy atom. The summed E-state index contributed by atoms with van der Waals surface area (Å²) in [6.07, 6.45) is 5.65. The van der Waals surface area contributed by atoms with Crippen LogP contribution in [0.5, 0.6) is 0 Å².